The van der Waals surface area contributed by atoms with E-state index in [2.05, 4.69) is 4.98 Å². The van der Waals surface area contributed by atoms with Crippen molar-refractivity contribution in [2.75, 3.05) is 0 Å². The van der Waals surface area contributed by atoms with E-state index < -0.39 is 46.6 Å². The summed E-state index contributed by atoms with van der Waals surface area (Å²) >= 11 is 0. The van der Waals surface area contributed by atoms with Gasteiger partial charge in [-0.2, -0.15) is 26.3 Å². The average Bonchev–Trinajstić information content (AvgIpc) is 2.55. The summed E-state index contributed by atoms with van der Waals surface area (Å²) in [5, 5.41) is 8.69. The molecule has 0 saturated heterocycles. The molecule has 1 heterocycles. The highest BCUT2D eigenvalue weighted by Gasteiger charge is 2.69. The first kappa shape index (κ1) is 20.5. The van der Waals surface area contributed by atoms with E-state index >= 15 is 0 Å². The molecule has 2 rings (SSSR count). The molecule has 0 unspecified atom stereocenters. The molecule has 0 aliphatic heterocycles. The highest BCUT2D eigenvalue weighted by molar-refractivity contribution is 5.87. The highest BCUT2D eigenvalue weighted by atomic mass is 19.3. The molecular weight excluding hydrogens is 387 g/mol. The predicted molar refractivity (Wildman–Crippen MR) is 77.1 cm³/mol. The van der Waals surface area contributed by atoms with Crippen LogP contribution in [0.25, 0.3) is 0 Å². The molecular formula is C16H10F7NO3. The van der Waals surface area contributed by atoms with Gasteiger partial charge in [0.1, 0.15) is 5.75 Å². The minimum Gasteiger partial charge on any atom is -0.478 e. The third kappa shape index (κ3) is 3.81. The number of carbonyl (C=O) groups is 1. The lowest BCUT2D eigenvalue weighted by atomic mass is 9.98. The topological polar surface area (TPSA) is 59.4 Å². The smallest absolute Gasteiger partial charge is 0.375 e. The Hall–Kier alpha value is -2.85. The lowest BCUT2D eigenvalue weighted by molar-refractivity contribution is -0.308. The maximum absolute atomic E-state index is 13.8. The van der Waals surface area contributed by atoms with Gasteiger partial charge in [0.05, 0.1) is 5.56 Å². The van der Waals surface area contributed by atoms with Gasteiger partial charge in [-0.05, 0) is 30.3 Å². The Morgan fingerprint density at radius 3 is 2.07 bits per heavy atom. The highest BCUT2D eigenvalue weighted by Crippen LogP contribution is 2.51. The van der Waals surface area contributed by atoms with Crippen molar-refractivity contribution in [2.24, 2.45) is 0 Å². The lowest BCUT2D eigenvalue weighted by Gasteiger charge is -2.31. The zero-order valence-corrected chi connectivity index (χ0v) is 13.3. The second-order valence-corrected chi connectivity index (χ2v) is 5.48. The number of pyridine rings is 1. The van der Waals surface area contributed by atoms with Crippen LogP contribution in [0, 0.1) is 5.82 Å². The molecule has 0 fully saturated rings. The molecule has 2 aromatic rings. The van der Waals surface area contributed by atoms with Crippen LogP contribution < -0.4 is 4.74 Å². The van der Waals surface area contributed by atoms with E-state index in [1.807, 2.05) is 0 Å². The number of hydrogen-bond donors (Lipinski definition) is 1. The van der Waals surface area contributed by atoms with Crippen molar-refractivity contribution in [1.82, 2.24) is 4.98 Å². The molecule has 11 heteroatoms. The SMILES string of the molecule is CC(F)(F)C(F)(F)C(F)(F)c1ccc(Oc2ncc(C(=O)O)cc2F)cc1. The number of alkyl halides is 6. The van der Waals surface area contributed by atoms with Gasteiger partial charge in [-0.25, -0.2) is 14.2 Å². The first-order chi connectivity index (χ1) is 12.3. The number of nitrogens with zero attached hydrogens (tertiary/aromatic N) is 1. The van der Waals surface area contributed by atoms with Crippen LogP contribution in [0.5, 0.6) is 11.6 Å². The molecule has 0 radical (unpaired) electrons. The quantitative estimate of drug-likeness (QED) is 0.690. The van der Waals surface area contributed by atoms with Gasteiger partial charge >= 0.3 is 23.7 Å². The van der Waals surface area contributed by atoms with Crippen molar-refractivity contribution in [3.05, 3.63) is 53.5 Å². The van der Waals surface area contributed by atoms with Gasteiger partial charge in [-0.1, -0.05) is 0 Å². The van der Waals surface area contributed by atoms with Crippen molar-refractivity contribution in [2.45, 2.75) is 24.7 Å². The van der Waals surface area contributed by atoms with Crippen LogP contribution in [0.1, 0.15) is 22.8 Å². The molecule has 146 valence electrons. The summed E-state index contributed by atoms with van der Waals surface area (Å²) in [5.74, 6) is -19.5. The third-order valence-electron chi connectivity index (χ3n) is 3.43. The normalized spacial score (nSPS) is 12.7. The number of carboxylic acid groups (broad SMARTS) is 1. The van der Waals surface area contributed by atoms with Gasteiger partial charge in [0.2, 0.25) is 0 Å². The number of aromatic carboxylic acids is 1. The Labute approximate surface area is 147 Å². The standard InChI is InChI=1S/C16H10F7NO3/c1-14(18,19)16(22,23)15(20,21)9-2-4-10(5-3-9)27-12-11(17)6-8(7-24-12)13(25)26/h2-7H,1H3,(H,25,26). The Bertz CT molecular complexity index is 848. The van der Waals surface area contributed by atoms with Crippen LogP contribution in [0.3, 0.4) is 0 Å². The van der Waals surface area contributed by atoms with E-state index in [0.29, 0.717) is 18.2 Å². The van der Waals surface area contributed by atoms with E-state index in [1.54, 1.807) is 0 Å². The molecule has 0 aliphatic rings. The number of rotatable bonds is 6. The van der Waals surface area contributed by atoms with Crippen LogP contribution >= 0.6 is 0 Å². The van der Waals surface area contributed by atoms with Crippen LogP contribution in [-0.2, 0) is 5.92 Å². The predicted octanol–water partition coefficient (Wildman–Crippen LogP) is 5.09. The summed E-state index contributed by atoms with van der Waals surface area (Å²) < 4.78 is 98.5. The zero-order chi connectivity index (χ0) is 20.6. The largest absolute Gasteiger partial charge is 0.478 e. The third-order valence-corrected chi connectivity index (χ3v) is 3.43. The summed E-state index contributed by atoms with van der Waals surface area (Å²) in [6.45, 7) is -0.326. The molecule has 0 amide bonds. The summed E-state index contributed by atoms with van der Waals surface area (Å²) in [6.07, 6.45) is 0.771. The second kappa shape index (κ2) is 6.71. The summed E-state index contributed by atoms with van der Waals surface area (Å²) in [4.78, 5) is 14.1. The second-order valence-electron chi connectivity index (χ2n) is 5.48. The maximum atomic E-state index is 13.8. The minimum absolute atomic E-state index is 0.324. The van der Waals surface area contributed by atoms with E-state index in [-0.39, 0.29) is 12.7 Å². The Balaban J connectivity index is 2.27. The molecule has 0 atom stereocenters. The number of benzene rings is 1. The molecule has 0 bridgehead atoms. The van der Waals surface area contributed by atoms with Gasteiger partial charge in [-0.15, -0.1) is 0 Å². The summed E-state index contributed by atoms with van der Waals surface area (Å²) in [7, 11) is 0. The average molecular weight is 397 g/mol. The van der Waals surface area contributed by atoms with Gasteiger partial charge < -0.3 is 9.84 Å². The summed E-state index contributed by atoms with van der Waals surface area (Å²) in [5.41, 5.74) is -1.88. The van der Waals surface area contributed by atoms with Crippen molar-refractivity contribution >= 4 is 5.97 Å². The van der Waals surface area contributed by atoms with Crippen LogP contribution in [0.2, 0.25) is 0 Å². The Morgan fingerprint density at radius 2 is 1.63 bits per heavy atom. The van der Waals surface area contributed by atoms with Gasteiger partial charge in [0, 0.05) is 18.7 Å². The fourth-order valence-electron chi connectivity index (χ4n) is 1.92. The van der Waals surface area contributed by atoms with E-state index in [0.717, 1.165) is 18.3 Å². The fourth-order valence-corrected chi connectivity index (χ4v) is 1.92. The van der Waals surface area contributed by atoms with Gasteiger partial charge in [-0.3, -0.25) is 0 Å². The number of aromatic nitrogens is 1. The first-order valence-corrected chi connectivity index (χ1v) is 7.08. The van der Waals surface area contributed by atoms with Gasteiger partial charge in [0.25, 0.3) is 5.88 Å². The zero-order valence-electron chi connectivity index (χ0n) is 13.3. The van der Waals surface area contributed by atoms with E-state index in [9.17, 15) is 35.5 Å². The molecule has 1 N–H and O–H groups in total. The van der Waals surface area contributed by atoms with Crippen molar-refractivity contribution in [3.8, 4) is 11.6 Å². The molecule has 0 spiro atoms. The minimum atomic E-state index is -5.65. The molecule has 1 aromatic heterocycles. The lowest BCUT2D eigenvalue weighted by Crippen LogP contribution is -2.50. The number of ether oxygens (including phenoxy) is 1. The molecule has 1 aromatic carbocycles. The van der Waals surface area contributed by atoms with Crippen molar-refractivity contribution in [3.63, 3.8) is 0 Å². The molecule has 0 saturated carbocycles. The number of halogens is 7. The van der Waals surface area contributed by atoms with Crippen LogP contribution in [-0.4, -0.2) is 27.9 Å². The summed E-state index contributed by atoms with van der Waals surface area (Å²) in [6, 6.07) is 2.87. The Kier molecular flexibility index (Phi) is 5.08. The molecule has 0 aliphatic carbocycles. The maximum Gasteiger partial charge on any atom is 0.375 e. The van der Waals surface area contributed by atoms with Crippen molar-refractivity contribution in [1.29, 1.82) is 0 Å². The van der Waals surface area contributed by atoms with Crippen LogP contribution in [0.15, 0.2) is 36.5 Å². The van der Waals surface area contributed by atoms with E-state index in [1.165, 1.54) is 0 Å². The fraction of sp³-hybridized carbons (Fsp3) is 0.250. The number of hydrogen-bond acceptors (Lipinski definition) is 3. The van der Waals surface area contributed by atoms with Crippen LogP contribution in [0.4, 0.5) is 30.7 Å². The first-order valence-electron chi connectivity index (χ1n) is 7.08. The monoisotopic (exact) mass is 397 g/mol. The molecule has 4 nitrogen and oxygen atoms in total. The van der Waals surface area contributed by atoms with E-state index in [4.69, 9.17) is 9.84 Å². The van der Waals surface area contributed by atoms with Gasteiger partial charge in [0.15, 0.2) is 5.82 Å². The molecule has 27 heavy (non-hydrogen) atoms. The number of carboxylic acids is 1. The van der Waals surface area contributed by atoms with Crippen molar-refractivity contribution < 1.29 is 45.4 Å². The Morgan fingerprint density at radius 1 is 1.07 bits per heavy atom.